The summed E-state index contributed by atoms with van der Waals surface area (Å²) in [5.74, 6) is 0.164. The largest absolute Gasteiger partial charge is 0.463 e. The van der Waals surface area contributed by atoms with Crippen LogP contribution in [0.4, 0.5) is 19.0 Å². The number of carbonyl (C=O) groups is 1. The molecule has 0 bridgehead atoms. The van der Waals surface area contributed by atoms with Crippen LogP contribution in [0.3, 0.4) is 0 Å². The number of aromatic nitrogens is 4. The molecule has 3 aromatic rings. The zero-order chi connectivity index (χ0) is 24.2. The Labute approximate surface area is 193 Å². The zero-order valence-electron chi connectivity index (χ0n) is 18.1. The average molecular weight is 480 g/mol. The van der Waals surface area contributed by atoms with E-state index in [4.69, 9.17) is 16.3 Å². The first-order chi connectivity index (χ1) is 15.6. The number of rotatable bonds is 7. The van der Waals surface area contributed by atoms with E-state index in [2.05, 4.69) is 20.3 Å². The molecule has 0 spiro atoms. The predicted octanol–water partition coefficient (Wildman–Crippen LogP) is 5.13. The zero-order valence-corrected chi connectivity index (χ0v) is 18.8. The van der Waals surface area contributed by atoms with Gasteiger partial charge in [-0.3, -0.25) is 0 Å². The SMILES string of the molecule is CCOC(=O)/C=C(\C)c1cnc(Cl)nc1NCc1ccc(-c2nc(C(F)(F)F)cn2C)cc1. The summed E-state index contributed by atoms with van der Waals surface area (Å²) in [7, 11) is 1.51. The first-order valence-corrected chi connectivity index (χ1v) is 10.3. The number of hydrogen-bond donors (Lipinski definition) is 1. The smallest absolute Gasteiger partial charge is 0.434 e. The molecule has 0 saturated carbocycles. The van der Waals surface area contributed by atoms with Gasteiger partial charge in [0.25, 0.3) is 0 Å². The van der Waals surface area contributed by atoms with Gasteiger partial charge in [0.2, 0.25) is 5.28 Å². The summed E-state index contributed by atoms with van der Waals surface area (Å²) in [6.07, 6.45) is -0.698. The lowest BCUT2D eigenvalue weighted by Crippen LogP contribution is -2.06. The average Bonchev–Trinajstić information content (AvgIpc) is 3.15. The van der Waals surface area contributed by atoms with Crippen molar-refractivity contribution in [2.75, 3.05) is 11.9 Å². The van der Waals surface area contributed by atoms with Crippen LogP contribution >= 0.6 is 11.6 Å². The molecule has 2 heterocycles. The minimum absolute atomic E-state index is 0.0378. The van der Waals surface area contributed by atoms with Gasteiger partial charge in [-0.15, -0.1) is 0 Å². The number of nitrogens with zero attached hydrogens (tertiary/aromatic N) is 4. The third kappa shape index (κ3) is 6.10. The summed E-state index contributed by atoms with van der Waals surface area (Å²) in [6.45, 7) is 4.05. The molecule has 0 aliphatic rings. The number of alkyl halides is 3. The van der Waals surface area contributed by atoms with Crippen LogP contribution in [0.5, 0.6) is 0 Å². The van der Waals surface area contributed by atoms with E-state index in [0.717, 1.165) is 11.8 Å². The molecular formula is C22H21ClF3N5O2. The molecule has 0 aliphatic heterocycles. The van der Waals surface area contributed by atoms with Crippen molar-refractivity contribution < 1.29 is 22.7 Å². The Morgan fingerprint density at radius 3 is 2.55 bits per heavy atom. The van der Waals surface area contributed by atoms with Crippen LogP contribution < -0.4 is 5.32 Å². The number of aryl methyl sites for hydroxylation is 1. The second-order valence-electron chi connectivity index (χ2n) is 7.09. The van der Waals surface area contributed by atoms with Crippen molar-refractivity contribution in [2.45, 2.75) is 26.6 Å². The van der Waals surface area contributed by atoms with Crippen LogP contribution in [0.15, 0.2) is 42.7 Å². The van der Waals surface area contributed by atoms with Crippen LogP contribution in [0, 0.1) is 0 Å². The van der Waals surface area contributed by atoms with Gasteiger partial charge >= 0.3 is 12.1 Å². The van der Waals surface area contributed by atoms with Crippen molar-refractivity contribution in [2.24, 2.45) is 7.05 Å². The molecule has 7 nitrogen and oxygen atoms in total. The highest BCUT2D eigenvalue weighted by Gasteiger charge is 2.34. The maximum absolute atomic E-state index is 12.9. The molecular weight excluding hydrogens is 459 g/mol. The van der Waals surface area contributed by atoms with Gasteiger partial charge in [-0.25, -0.2) is 19.7 Å². The Morgan fingerprint density at radius 2 is 1.94 bits per heavy atom. The quantitative estimate of drug-likeness (QED) is 0.287. The van der Waals surface area contributed by atoms with Gasteiger partial charge in [-0.05, 0) is 36.6 Å². The molecule has 0 saturated heterocycles. The Kier molecular flexibility index (Phi) is 7.37. The fraction of sp³-hybridized carbons (Fsp3) is 0.273. The Balaban J connectivity index is 1.77. The number of imidazole rings is 1. The van der Waals surface area contributed by atoms with E-state index in [1.165, 1.54) is 23.9 Å². The monoisotopic (exact) mass is 479 g/mol. The van der Waals surface area contributed by atoms with Crippen LogP contribution in [0.25, 0.3) is 17.0 Å². The predicted molar refractivity (Wildman–Crippen MR) is 118 cm³/mol. The second kappa shape index (κ2) is 10.0. The molecule has 0 atom stereocenters. The lowest BCUT2D eigenvalue weighted by atomic mass is 10.1. The lowest BCUT2D eigenvalue weighted by Gasteiger charge is -2.12. The molecule has 1 N–H and O–H groups in total. The van der Waals surface area contributed by atoms with E-state index in [-0.39, 0.29) is 17.7 Å². The molecule has 1 aromatic carbocycles. The Bertz CT molecular complexity index is 1170. The van der Waals surface area contributed by atoms with Gasteiger partial charge in [0.1, 0.15) is 11.6 Å². The number of anilines is 1. The molecule has 0 unspecified atom stereocenters. The summed E-state index contributed by atoms with van der Waals surface area (Å²) < 4.78 is 45.0. The van der Waals surface area contributed by atoms with Crippen LogP contribution in [-0.2, 0) is 29.3 Å². The molecule has 0 radical (unpaired) electrons. The fourth-order valence-corrected chi connectivity index (χ4v) is 3.18. The van der Waals surface area contributed by atoms with Gasteiger partial charge in [0, 0.05) is 43.2 Å². The minimum Gasteiger partial charge on any atom is -0.463 e. The first-order valence-electron chi connectivity index (χ1n) is 9.90. The minimum atomic E-state index is -4.50. The third-order valence-corrected chi connectivity index (χ3v) is 4.83. The highest BCUT2D eigenvalue weighted by molar-refractivity contribution is 6.28. The van der Waals surface area contributed by atoms with Gasteiger partial charge < -0.3 is 14.6 Å². The van der Waals surface area contributed by atoms with Crippen LogP contribution in [0.1, 0.15) is 30.7 Å². The van der Waals surface area contributed by atoms with Gasteiger partial charge in [-0.1, -0.05) is 24.3 Å². The third-order valence-electron chi connectivity index (χ3n) is 4.64. The number of allylic oxidation sites excluding steroid dienone is 1. The van der Waals surface area contributed by atoms with Crippen molar-refractivity contribution in [3.63, 3.8) is 0 Å². The number of hydrogen-bond acceptors (Lipinski definition) is 6. The highest BCUT2D eigenvalue weighted by atomic mass is 35.5. The standard InChI is InChI=1S/C22H21ClF3N5O2/c1-4-33-18(32)9-13(2)16-11-28-21(23)30-19(16)27-10-14-5-7-15(8-6-14)20-29-17(12-31(20)3)22(24,25)26/h5-9,11-12H,4,10H2,1-3H3,(H,27,28,30)/b13-9+. The summed E-state index contributed by atoms with van der Waals surface area (Å²) in [6, 6.07) is 6.93. The van der Waals surface area contributed by atoms with Crippen molar-refractivity contribution in [1.29, 1.82) is 0 Å². The van der Waals surface area contributed by atoms with Gasteiger partial charge in [-0.2, -0.15) is 13.2 Å². The van der Waals surface area contributed by atoms with Crippen molar-refractivity contribution in [3.8, 4) is 11.4 Å². The number of esters is 1. The lowest BCUT2D eigenvalue weighted by molar-refractivity contribution is -0.141. The van der Waals surface area contributed by atoms with Crippen molar-refractivity contribution >= 4 is 29.0 Å². The second-order valence-corrected chi connectivity index (χ2v) is 7.43. The summed E-state index contributed by atoms with van der Waals surface area (Å²) in [5.41, 5.74) is 1.63. The molecule has 2 aromatic heterocycles. The maximum atomic E-state index is 12.9. The van der Waals surface area contributed by atoms with E-state index in [1.807, 2.05) is 0 Å². The first kappa shape index (κ1) is 24.2. The normalized spacial score (nSPS) is 12.0. The topological polar surface area (TPSA) is 81.9 Å². The number of benzene rings is 1. The van der Waals surface area contributed by atoms with E-state index in [1.54, 1.807) is 38.1 Å². The summed E-state index contributed by atoms with van der Waals surface area (Å²) in [5, 5.41) is 3.19. The molecule has 0 amide bonds. The molecule has 11 heteroatoms. The fourth-order valence-electron chi connectivity index (χ4n) is 3.05. The Morgan fingerprint density at radius 1 is 1.24 bits per heavy atom. The molecule has 33 heavy (non-hydrogen) atoms. The maximum Gasteiger partial charge on any atom is 0.434 e. The van der Waals surface area contributed by atoms with Gasteiger partial charge in [0.05, 0.1) is 6.61 Å². The van der Waals surface area contributed by atoms with Crippen molar-refractivity contribution in [3.05, 3.63) is 64.8 Å². The number of ether oxygens (including phenoxy) is 1. The van der Waals surface area contributed by atoms with E-state index >= 15 is 0 Å². The number of halogens is 4. The molecule has 3 rings (SSSR count). The van der Waals surface area contributed by atoms with Crippen LogP contribution in [-0.4, -0.2) is 32.1 Å². The molecule has 0 fully saturated rings. The van der Waals surface area contributed by atoms with Gasteiger partial charge in [0.15, 0.2) is 5.69 Å². The highest BCUT2D eigenvalue weighted by Crippen LogP contribution is 2.30. The van der Waals surface area contributed by atoms with Crippen molar-refractivity contribution in [1.82, 2.24) is 19.5 Å². The van der Waals surface area contributed by atoms with E-state index in [9.17, 15) is 18.0 Å². The summed E-state index contributed by atoms with van der Waals surface area (Å²) >= 11 is 5.93. The number of nitrogens with one attached hydrogen (secondary N) is 1. The van der Waals surface area contributed by atoms with E-state index in [0.29, 0.717) is 29.1 Å². The molecule has 0 aliphatic carbocycles. The Hall–Kier alpha value is -3.40. The van der Waals surface area contributed by atoms with Crippen LogP contribution in [0.2, 0.25) is 5.28 Å². The van der Waals surface area contributed by atoms with E-state index < -0.39 is 17.8 Å². The summed E-state index contributed by atoms with van der Waals surface area (Å²) in [4.78, 5) is 23.6. The molecule has 174 valence electrons. The number of carbonyl (C=O) groups excluding carboxylic acids is 1.